The van der Waals surface area contributed by atoms with Crippen LogP contribution in [0.5, 0.6) is 0 Å². The summed E-state index contributed by atoms with van der Waals surface area (Å²) < 4.78 is 78.0. The van der Waals surface area contributed by atoms with Crippen LogP contribution in [0, 0.1) is 12.8 Å². The maximum Gasteiger partial charge on any atom is 0.399 e. The molecule has 35 heavy (non-hydrogen) atoms. The number of halogens is 9. The monoisotopic (exact) mass is 576 g/mol. The molecular weight excluding hydrogens is 557 g/mol. The van der Waals surface area contributed by atoms with E-state index in [0.717, 1.165) is 30.0 Å². The van der Waals surface area contributed by atoms with Gasteiger partial charge in [0.1, 0.15) is 0 Å². The van der Waals surface area contributed by atoms with Crippen molar-refractivity contribution in [3.63, 3.8) is 0 Å². The number of alkyl halides is 6. The Kier molecular flexibility index (Phi) is 10.5. The van der Waals surface area contributed by atoms with Gasteiger partial charge in [-0.25, -0.2) is 0 Å². The highest BCUT2D eigenvalue weighted by Gasteiger charge is 2.39. The molecule has 0 bridgehead atoms. The molecule has 0 heterocycles. The van der Waals surface area contributed by atoms with Crippen LogP contribution < -0.4 is 0 Å². The van der Waals surface area contributed by atoms with Crippen molar-refractivity contribution in [1.82, 2.24) is 0 Å². The van der Waals surface area contributed by atoms with E-state index in [1.807, 2.05) is 0 Å². The van der Waals surface area contributed by atoms with Gasteiger partial charge in [0.05, 0.1) is 26.7 Å². The molecule has 1 nitrogen and oxygen atoms in total. The number of benzene rings is 2. The lowest BCUT2D eigenvalue weighted by Crippen LogP contribution is -2.19. The number of thioether (sulfide) groups is 1. The number of allylic oxidation sites excluding steroid dienone is 1. The minimum Gasteiger partial charge on any atom is -0.294 e. The van der Waals surface area contributed by atoms with Crippen molar-refractivity contribution in [3.8, 4) is 0 Å². The fourth-order valence-electron chi connectivity index (χ4n) is 3.34. The quantitative estimate of drug-likeness (QED) is 0.168. The molecule has 0 N–H and O–H groups in total. The van der Waals surface area contributed by atoms with E-state index >= 15 is 0 Å². The first-order chi connectivity index (χ1) is 16.1. The van der Waals surface area contributed by atoms with Gasteiger partial charge in [-0.3, -0.25) is 4.79 Å². The van der Waals surface area contributed by atoms with E-state index in [1.165, 1.54) is 18.2 Å². The second-order valence-electron chi connectivity index (χ2n) is 8.11. The van der Waals surface area contributed by atoms with Gasteiger partial charge in [-0.2, -0.15) is 38.1 Å². The summed E-state index contributed by atoms with van der Waals surface area (Å²) in [6, 6.07) is 6.81. The third kappa shape index (κ3) is 9.23. The second kappa shape index (κ2) is 12.3. The van der Waals surface area contributed by atoms with E-state index < -0.39 is 24.0 Å². The summed E-state index contributed by atoms with van der Waals surface area (Å²) in [6.07, 6.45) is -6.57. The first-order valence-corrected chi connectivity index (χ1v) is 12.5. The van der Waals surface area contributed by atoms with Crippen molar-refractivity contribution >= 4 is 58.4 Å². The van der Waals surface area contributed by atoms with Gasteiger partial charge in [0.25, 0.3) is 0 Å². The minimum absolute atomic E-state index is 0.0360. The van der Waals surface area contributed by atoms with Crippen LogP contribution in [-0.2, 0) is 0 Å². The number of hydrogen-bond acceptors (Lipinski definition) is 2. The number of rotatable bonds is 9. The van der Waals surface area contributed by atoms with E-state index in [4.69, 9.17) is 34.8 Å². The maximum atomic E-state index is 13.7. The summed E-state index contributed by atoms with van der Waals surface area (Å²) in [4.78, 5) is 12.6. The van der Waals surface area contributed by atoms with E-state index in [0.29, 0.717) is 16.7 Å². The lowest BCUT2D eigenvalue weighted by Gasteiger charge is -2.18. The molecule has 0 aliphatic heterocycles. The topological polar surface area (TPSA) is 17.1 Å². The lowest BCUT2D eigenvalue weighted by atomic mass is 9.94. The summed E-state index contributed by atoms with van der Waals surface area (Å²) in [5, 5.41) is -0.228. The molecule has 0 aliphatic carbocycles. The first kappa shape index (κ1) is 29.9. The van der Waals surface area contributed by atoms with Crippen LogP contribution in [0.15, 0.2) is 36.4 Å². The third-order valence-electron chi connectivity index (χ3n) is 4.95. The third-order valence-corrected chi connectivity index (χ3v) is 7.48. The Morgan fingerprint density at radius 1 is 1.03 bits per heavy atom. The molecule has 2 rings (SSSR count). The summed E-state index contributed by atoms with van der Waals surface area (Å²) >= 11 is 18.3. The number of hydrogen-bond donors (Lipinski definition) is 0. The van der Waals surface area contributed by atoms with Crippen molar-refractivity contribution in [2.45, 2.75) is 38.5 Å². The predicted octanol–water partition coefficient (Wildman–Crippen LogP) is 9.82. The van der Waals surface area contributed by atoms with Gasteiger partial charge in [0.2, 0.25) is 0 Å². The van der Waals surface area contributed by atoms with E-state index in [2.05, 4.69) is 0 Å². The van der Waals surface area contributed by atoms with Crippen LogP contribution in [0.4, 0.5) is 26.3 Å². The summed E-state index contributed by atoms with van der Waals surface area (Å²) in [5.74, 6) is -3.29. The molecule has 0 saturated heterocycles. The van der Waals surface area contributed by atoms with E-state index in [1.54, 1.807) is 19.9 Å². The second-order valence-corrected chi connectivity index (χ2v) is 10.3. The fraction of sp³-hybridized carbons (Fsp3) is 0.375. The molecule has 11 heteroatoms. The number of aryl methyl sites for hydroxylation is 1. The molecule has 1 unspecified atom stereocenters. The van der Waals surface area contributed by atoms with E-state index in [9.17, 15) is 31.1 Å². The van der Waals surface area contributed by atoms with Gasteiger partial charge >= 0.3 is 12.4 Å². The van der Waals surface area contributed by atoms with Crippen LogP contribution in [0.1, 0.15) is 46.3 Å². The van der Waals surface area contributed by atoms with Gasteiger partial charge in [-0.15, -0.1) is 0 Å². The highest BCUT2D eigenvalue weighted by Crippen LogP contribution is 2.41. The highest BCUT2D eigenvalue weighted by atomic mass is 35.5. The van der Waals surface area contributed by atoms with Gasteiger partial charge < -0.3 is 0 Å². The zero-order valence-electron chi connectivity index (χ0n) is 18.5. The SMILES string of the molecule is Cc1cc(/C=C/C(c2cc(Cl)c(Cl)c(Cl)c2)C(F)(F)F)ccc1C(=O)C[C@H](C)CSCC(F)(F)F. The Morgan fingerprint density at radius 2 is 1.63 bits per heavy atom. The summed E-state index contributed by atoms with van der Waals surface area (Å²) in [5.41, 5.74) is 1.19. The molecule has 0 fully saturated rings. The standard InChI is InChI=1S/C24H21Cl3F6OS/c1-13(11-35-12-23(28,29)30)7-21(34)17-5-3-15(8-14(17)2)4-6-18(24(31,32)33)16-9-19(25)22(27)20(26)10-16/h3-6,8-10,13,18H,7,11-12H2,1-2H3/b6-4+/t13-,18?/m0/s1. The van der Waals surface area contributed by atoms with Gasteiger partial charge in [-0.05, 0) is 47.4 Å². The van der Waals surface area contributed by atoms with Crippen LogP contribution in [0.2, 0.25) is 15.1 Å². The molecule has 0 aromatic heterocycles. The average molecular weight is 578 g/mol. The Hall–Kier alpha value is -1.35. The number of ketones is 1. The Bertz CT molecular complexity index is 1060. The number of carbonyl (C=O) groups excluding carboxylic acids is 1. The zero-order chi connectivity index (χ0) is 26.6. The van der Waals surface area contributed by atoms with Crippen LogP contribution in [-0.4, -0.2) is 29.6 Å². The smallest absolute Gasteiger partial charge is 0.294 e. The minimum atomic E-state index is -4.62. The van der Waals surface area contributed by atoms with Gasteiger partial charge in [0.15, 0.2) is 5.78 Å². The molecule has 0 aliphatic rings. The Balaban J connectivity index is 2.16. The molecule has 0 saturated carbocycles. The molecule has 2 atom stereocenters. The summed E-state index contributed by atoms with van der Waals surface area (Å²) in [6.45, 7) is 3.34. The van der Waals surface area contributed by atoms with Crippen molar-refractivity contribution in [2.75, 3.05) is 11.5 Å². The molecule has 0 radical (unpaired) electrons. The predicted molar refractivity (Wildman–Crippen MR) is 132 cm³/mol. The fourth-order valence-corrected chi connectivity index (χ4v) is 4.82. The summed E-state index contributed by atoms with van der Waals surface area (Å²) in [7, 11) is 0. The van der Waals surface area contributed by atoms with Crippen LogP contribution in [0.25, 0.3) is 6.08 Å². The molecular formula is C24H21Cl3F6OS. The molecule has 2 aromatic rings. The zero-order valence-corrected chi connectivity index (χ0v) is 21.6. The maximum absolute atomic E-state index is 13.7. The van der Waals surface area contributed by atoms with Crippen molar-refractivity contribution in [1.29, 1.82) is 0 Å². The Labute approximate surface area is 218 Å². The normalized spacial score (nSPS) is 14.4. The van der Waals surface area contributed by atoms with Crippen molar-refractivity contribution < 1.29 is 31.1 Å². The van der Waals surface area contributed by atoms with Crippen molar-refractivity contribution in [2.24, 2.45) is 5.92 Å². The first-order valence-electron chi connectivity index (χ1n) is 10.3. The highest BCUT2D eigenvalue weighted by molar-refractivity contribution is 7.99. The number of Topliss-reactive ketones (excluding diaryl/α,β-unsaturated/α-hetero) is 1. The van der Waals surface area contributed by atoms with E-state index in [-0.39, 0.29) is 44.5 Å². The molecule has 192 valence electrons. The van der Waals surface area contributed by atoms with Gasteiger partial charge in [0, 0.05) is 12.0 Å². The largest absolute Gasteiger partial charge is 0.399 e. The molecule has 0 amide bonds. The van der Waals surface area contributed by atoms with Crippen LogP contribution >= 0.6 is 46.6 Å². The van der Waals surface area contributed by atoms with Gasteiger partial charge in [-0.1, -0.05) is 72.1 Å². The van der Waals surface area contributed by atoms with Crippen LogP contribution in [0.3, 0.4) is 0 Å². The molecule has 0 spiro atoms. The lowest BCUT2D eigenvalue weighted by molar-refractivity contribution is -0.139. The average Bonchev–Trinajstić information content (AvgIpc) is 2.70. The van der Waals surface area contributed by atoms with Crippen molar-refractivity contribution in [3.05, 3.63) is 73.7 Å². The number of carbonyl (C=O) groups is 1. The molecule has 2 aromatic carbocycles. The Morgan fingerprint density at radius 3 is 2.14 bits per heavy atom.